The highest BCUT2D eigenvalue weighted by Crippen LogP contribution is 2.18. The molecule has 5 nitrogen and oxygen atoms in total. The van der Waals surface area contributed by atoms with Gasteiger partial charge in [-0.25, -0.2) is 4.98 Å². The second kappa shape index (κ2) is 8.50. The SMILES string of the molecule is COc1ccc(C#Cc2ccc(C(=O)N3CCCC(CO)C3)cn2)cc1. The zero-order valence-corrected chi connectivity index (χ0v) is 14.8. The van der Waals surface area contributed by atoms with E-state index in [1.54, 1.807) is 30.3 Å². The van der Waals surface area contributed by atoms with Crippen molar-refractivity contribution in [3.05, 3.63) is 59.4 Å². The number of hydrogen-bond donors (Lipinski definition) is 1. The summed E-state index contributed by atoms with van der Waals surface area (Å²) in [5.41, 5.74) is 2.04. The van der Waals surface area contributed by atoms with Gasteiger partial charge in [-0.1, -0.05) is 5.92 Å². The van der Waals surface area contributed by atoms with Crippen molar-refractivity contribution in [2.45, 2.75) is 12.8 Å². The lowest BCUT2D eigenvalue weighted by Crippen LogP contribution is -2.40. The molecule has 5 heteroatoms. The molecule has 26 heavy (non-hydrogen) atoms. The molecule has 1 aromatic carbocycles. The Hall–Kier alpha value is -2.84. The van der Waals surface area contributed by atoms with Gasteiger partial charge in [-0.3, -0.25) is 4.79 Å². The number of aliphatic hydroxyl groups is 1. The summed E-state index contributed by atoms with van der Waals surface area (Å²) in [6.07, 6.45) is 3.47. The number of methoxy groups -OCH3 is 1. The lowest BCUT2D eigenvalue weighted by molar-refractivity contribution is 0.0620. The molecule has 1 unspecified atom stereocenters. The Balaban J connectivity index is 1.66. The molecule has 3 rings (SSSR count). The molecule has 0 radical (unpaired) electrons. The zero-order valence-electron chi connectivity index (χ0n) is 14.8. The third kappa shape index (κ3) is 4.41. The van der Waals surface area contributed by atoms with Gasteiger partial charge in [0.05, 0.1) is 12.7 Å². The van der Waals surface area contributed by atoms with E-state index in [0.29, 0.717) is 17.8 Å². The number of amides is 1. The van der Waals surface area contributed by atoms with Gasteiger partial charge < -0.3 is 14.7 Å². The Morgan fingerprint density at radius 1 is 1.27 bits per heavy atom. The van der Waals surface area contributed by atoms with Crippen LogP contribution in [-0.4, -0.2) is 47.7 Å². The second-order valence-electron chi connectivity index (χ2n) is 6.35. The number of carbonyl (C=O) groups is 1. The van der Waals surface area contributed by atoms with E-state index in [2.05, 4.69) is 16.8 Å². The van der Waals surface area contributed by atoms with E-state index in [1.165, 1.54) is 0 Å². The number of nitrogens with zero attached hydrogens (tertiary/aromatic N) is 2. The van der Waals surface area contributed by atoms with Crippen LogP contribution >= 0.6 is 0 Å². The average Bonchev–Trinajstić information content (AvgIpc) is 2.72. The lowest BCUT2D eigenvalue weighted by Gasteiger charge is -2.31. The number of pyridine rings is 1. The summed E-state index contributed by atoms with van der Waals surface area (Å²) in [5.74, 6) is 6.98. The highest BCUT2D eigenvalue weighted by Gasteiger charge is 2.24. The maximum absolute atomic E-state index is 12.6. The fraction of sp³-hybridized carbons (Fsp3) is 0.333. The van der Waals surface area contributed by atoms with Crippen molar-refractivity contribution in [3.63, 3.8) is 0 Å². The summed E-state index contributed by atoms with van der Waals surface area (Å²) >= 11 is 0. The number of likely N-dealkylation sites (tertiary alicyclic amines) is 1. The molecule has 1 aromatic heterocycles. The van der Waals surface area contributed by atoms with Gasteiger partial charge in [0.2, 0.25) is 0 Å². The summed E-state index contributed by atoms with van der Waals surface area (Å²) < 4.78 is 5.12. The minimum Gasteiger partial charge on any atom is -0.497 e. The first kappa shape index (κ1) is 18.0. The summed E-state index contributed by atoms with van der Waals surface area (Å²) in [6.45, 7) is 1.46. The second-order valence-corrected chi connectivity index (χ2v) is 6.35. The van der Waals surface area contributed by atoms with Gasteiger partial charge in [0.25, 0.3) is 5.91 Å². The first-order valence-corrected chi connectivity index (χ1v) is 8.72. The van der Waals surface area contributed by atoms with Crippen molar-refractivity contribution >= 4 is 5.91 Å². The molecule has 1 atom stereocenters. The highest BCUT2D eigenvalue weighted by molar-refractivity contribution is 5.94. The molecule has 2 aromatic rings. The molecular weight excluding hydrogens is 328 g/mol. The van der Waals surface area contributed by atoms with E-state index < -0.39 is 0 Å². The number of hydrogen-bond acceptors (Lipinski definition) is 4. The van der Waals surface area contributed by atoms with Crippen LogP contribution in [0.5, 0.6) is 5.75 Å². The van der Waals surface area contributed by atoms with Crippen molar-refractivity contribution in [1.29, 1.82) is 0 Å². The predicted molar refractivity (Wildman–Crippen MR) is 98.9 cm³/mol. The number of carbonyl (C=O) groups excluding carboxylic acids is 1. The van der Waals surface area contributed by atoms with Crippen LogP contribution in [0.3, 0.4) is 0 Å². The average molecular weight is 350 g/mol. The highest BCUT2D eigenvalue weighted by atomic mass is 16.5. The Labute approximate surface area is 153 Å². The van der Waals surface area contributed by atoms with Crippen molar-refractivity contribution in [1.82, 2.24) is 9.88 Å². The van der Waals surface area contributed by atoms with Crippen LogP contribution in [0.1, 0.15) is 34.5 Å². The van der Waals surface area contributed by atoms with E-state index in [4.69, 9.17) is 4.74 Å². The molecule has 1 N–H and O–H groups in total. The normalized spacial score (nSPS) is 16.5. The molecule has 0 saturated carbocycles. The number of benzene rings is 1. The Morgan fingerprint density at radius 2 is 2.08 bits per heavy atom. The minimum atomic E-state index is -0.0367. The van der Waals surface area contributed by atoms with Gasteiger partial charge in [0.15, 0.2) is 0 Å². The summed E-state index contributed by atoms with van der Waals surface area (Å²) in [6, 6.07) is 11.0. The van der Waals surface area contributed by atoms with Crippen LogP contribution in [0.2, 0.25) is 0 Å². The van der Waals surface area contributed by atoms with E-state index >= 15 is 0 Å². The van der Waals surface area contributed by atoms with E-state index in [1.807, 2.05) is 24.3 Å². The molecule has 134 valence electrons. The van der Waals surface area contributed by atoms with Crippen LogP contribution in [0.4, 0.5) is 0 Å². The van der Waals surface area contributed by atoms with Crippen LogP contribution in [0.25, 0.3) is 0 Å². The molecule has 0 spiro atoms. The molecule has 1 saturated heterocycles. The number of piperidine rings is 1. The predicted octanol–water partition coefficient (Wildman–Crippen LogP) is 2.33. The zero-order chi connectivity index (χ0) is 18.4. The van der Waals surface area contributed by atoms with Gasteiger partial charge >= 0.3 is 0 Å². The Bertz CT molecular complexity index is 804. The number of aromatic nitrogens is 1. The largest absolute Gasteiger partial charge is 0.497 e. The molecule has 1 aliphatic rings. The molecular formula is C21H22N2O3. The standard InChI is InChI=1S/C21H22N2O3/c1-26-20-10-5-16(6-11-20)4-8-19-9-7-18(13-22-19)21(25)23-12-2-3-17(14-23)15-24/h5-7,9-11,13,17,24H,2-3,12,14-15H2,1H3. The van der Waals surface area contributed by atoms with E-state index in [0.717, 1.165) is 30.7 Å². The molecule has 2 heterocycles. The molecule has 1 fully saturated rings. The minimum absolute atomic E-state index is 0.0367. The molecule has 0 bridgehead atoms. The van der Waals surface area contributed by atoms with E-state index in [9.17, 15) is 9.90 Å². The monoisotopic (exact) mass is 350 g/mol. The van der Waals surface area contributed by atoms with Crippen molar-refractivity contribution in [3.8, 4) is 17.6 Å². The van der Waals surface area contributed by atoms with Crippen LogP contribution in [0, 0.1) is 17.8 Å². The molecule has 1 amide bonds. The maximum Gasteiger partial charge on any atom is 0.255 e. The number of rotatable bonds is 3. The summed E-state index contributed by atoms with van der Waals surface area (Å²) in [7, 11) is 1.63. The Morgan fingerprint density at radius 3 is 2.73 bits per heavy atom. The van der Waals surface area contributed by atoms with Gasteiger partial charge in [0, 0.05) is 31.5 Å². The van der Waals surface area contributed by atoms with E-state index in [-0.39, 0.29) is 18.4 Å². The smallest absolute Gasteiger partial charge is 0.255 e. The Kier molecular flexibility index (Phi) is 5.88. The summed E-state index contributed by atoms with van der Waals surface area (Å²) in [4.78, 5) is 18.7. The summed E-state index contributed by atoms with van der Waals surface area (Å²) in [5, 5.41) is 9.31. The molecule has 0 aliphatic carbocycles. The first-order chi connectivity index (χ1) is 12.7. The van der Waals surface area contributed by atoms with Crippen LogP contribution < -0.4 is 4.74 Å². The number of aliphatic hydroxyl groups excluding tert-OH is 1. The quantitative estimate of drug-likeness (QED) is 0.863. The van der Waals surface area contributed by atoms with Crippen LogP contribution in [-0.2, 0) is 0 Å². The van der Waals surface area contributed by atoms with Crippen LogP contribution in [0.15, 0.2) is 42.6 Å². The van der Waals surface area contributed by atoms with Crippen molar-refractivity contribution < 1.29 is 14.6 Å². The van der Waals surface area contributed by atoms with Gasteiger partial charge in [-0.2, -0.15) is 0 Å². The van der Waals surface area contributed by atoms with Crippen molar-refractivity contribution in [2.24, 2.45) is 5.92 Å². The lowest BCUT2D eigenvalue weighted by atomic mass is 9.98. The van der Waals surface area contributed by atoms with Gasteiger partial charge in [-0.05, 0) is 61.1 Å². The van der Waals surface area contributed by atoms with Crippen molar-refractivity contribution in [2.75, 3.05) is 26.8 Å². The van der Waals surface area contributed by atoms with Gasteiger partial charge in [-0.15, -0.1) is 0 Å². The third-order valence-electron chi connectivity index (χ3n) is 4.50. The fourth-order valence-corrected chi connectivity index (χ4v) is 2.99. The fourth-order valence-electron chi connectivity index (χ4n) is 2.99. The van der Waals surface area contributed by atoms with Gasteiger partial charge in [0.1, 0.15) is 11.4 Å². The number of ether oxygens (including phenoxy) is 1. The first-order valence-electron chi connectivity index (χ1n) is 8.72. The topological polar surface area (TPSA) is 62.7 Å². The third-order valence-corrected chi connectivity index (χ3v) is 4.50. The molecule has 1 aliphatic heterocycles. The maximum atomic E-state index is 12.6.